The summed E-state index contributed by atoms with van der Waals surface area (Å²) in [7, 11) is 2.12. The van der Waals surface area contributed by atoms with Crippen LogP contribution in [-0.4, -0.2) is 42.7 Å². The molecule has 19 heavy (non-hydrogen) atoms. The van der Waals surface area contributed by atoms with E-state index in [0.29, 0.717) is 5.56 Å². The molecule has 4 nitrogen and oxygen atoms in total. The molecule has 104 valence electrons. The highest BCUT2D eigenvalue weighted by molar-refractivity contribution is 5.87. The van der Waals surface area contributed by atoms with Crippen molar-refractivity contribution in [2.24, 2.45) is 5.92 Å². The van der Waals surface area contributed by atoms with E-state index in [1.54, 1.807) is 12.1 Å². The number of hydrogen-bond acceptors (Lipinski definition) is 3. The van der Waals surface area contributed by atoms with Crippen LogP contribution in [0.2, 0.25) is 0 Å². The van der Waals surface area contributed by atoms with Crippen molar-refractivity contribution >= 4 is 5.97 Å². The van der Waals surface area contributed by atoms with E-state index in [4.69, 9.17) is 5.11 Å². The lowest BCUT2D eigenvalue weighted by atomic mass is 9.99. The third kappa shape index (κ3) is 4.33. The first-order valence-electron chi connectivity index (χ1n) is 6.86. The number of carbonyl (C=O) groups is 1. The predicted octanol–water partition coefficient (Wildman–Crippen LogP) is 1.82. The summed E-state index contributed by atoms with van der Waals surface area (Å²) in [5.74, 6) is -0.134. The number of carboxylic acid groups (broad SMARTS) is 1. The monoisotopic (exact) mass is 262 g/mol. The van der Waals surface area contributed by atoms with E-state index in [-0.39, 0.29) is 0 Å². The molecule has 0 spiro atoms. The predicted molar refractivity (Wildman–Crippen MR) is 75.3 cm³/mol. The van der Waals surface area contributed by atoms with Gasteiger partial charge in [0.1, 0.15) is 0 Å². The Bertz CT molecular complexity index is 411. The second kappa shape index (κ2) is 6.68. The van der Waals surface area contributed by atoms with Crippen LogP contribution in [0.1, 0.15) is 28.8 Å². The normalized spacial score (nSPS) is 19.6. The number of nitrogens with one attached hydrogen (secondary N) is 1. The van der Waals surface area contributed by atoms with Gasteiger partial charge in [-0.2, -0.15) is 0 Å². The van der Waals surface area contributed by atoms with Crippen LogP contribution in [0.25, 0.3) is 0 Å². The van der Waals surface area contributed by atoms with E-state index in [2.05, 4.69) is 17.3 Å². The summed E-state index contributed by atoms with van der Waals surface area (Å²) in [6, 6.07) is 7.15. The number of rotatable bonds is 5. The Hall–Kier alpha value is -1.39. The molecule has 2 N–H and O–H groups in total. The van der Waals surface area contributed by atoms with Gasteiger partial charge in [0.25, 0.3) is 0 Å². The van der Waals surface area contributed by atoms with E-state index in [0.717, 1.165) is 37.7 Å². The molecule has 0 aliphatic carbocycles. The first-order valence-corrected chi connectivity index (χ1v) is 6.86. The standard InChI is InChI=1S/C15H22N2O2/c1-17(11-13-3-2-8-16-9-13)10-12-4-6-14(7-5-12)15(18)19/h4-7,13,16H,2-3,8-11H2,1H3,(H,18,19). The second-order valence-corrected chi connectivity index (χ2v) is 5.41. The maximum absolute atomic E-state index is 10.8. The summed E-state index contributed by atoms with van der Waals surface area (Å²) >= 11 is 0. The number of benzene rings is 1. The lowest BCUT2D eigenvalue weighted by Gasteiger charge is -2.27. The van der Waals surface area contributed by atoms with Crippen LogP contribution >= 0.6 is 0 Å². The molecule has 2 rings (SSSR count). The minimum absolute atomic E-state index is 0.350. The van der Waals surface area contributed by atoms with Crippen LogP contribution in [0.4, 0.5) is 0 Å². The van der Waals surface area contributed by atoms with Crippen LogP contribution in [0.3, 0.4) is 0 Å². The van der Waals surface area contributed by atoms with Gasteiger partial charge in [0.05, 0.1) is 5.56 Å². The van der Waals surface area contributed by atoms with Crippen molar-refractivity contribution in [1.29, 1.82) is 0 Å². The molecule has 0 aromatic heterocycles. The zero-order valence-electron chi connectivity index (χ0n) is 11.4. The molecule has 1 aromatic carbocycles. The smallest absolute Gasteiger partial charge is 0.335 e. The van der Waals surface area contributed by atoms with Crippen molar-refractivity contribution < 1.29 is 9.90 Å². The molecule has 4 heteroatoms. The summed E-state index contributed by atoms with van der Waals surface area (Å²) in [6.07, 6.45) is 2.57. The Balaban J connectivity index is 1.83. The van der Waals surface area contributed by atoms with E-state index < -0.39 is 5.97 Å². The van der Waals surface area contributed by atoms with Gasteiger partial charge in [0.2, 0.25) is 0 Å². The highest BCUT2D eigenvalue weighted by Gasteiger charge is 2.15. The van der Waals surface area contributed by atoms with Gasteiger partial charge >= 0.3 is 5.97 Å². The maximum Gasteiger partial charge on any atom is 0.335 e. The molecular weight excluding hydrogens is 240 g/mol. The lowest BCUT2D eigenvalue weighted by molar-refractivity contribution is 0.0697. The first-order chi connectivity index (χ1) is 9.15. The number of nitrogens with zero attached hydrogens (tertiary/aromatic N) is 1. The average Bonchev–Trinajstić information content (AvgIpc) is 2.40. The van der Waals surface area contributed by atoms with Crippen molar-refractivity contribution in [3.05, 3.63) is 35.4 Å². The molecular formula is C15H22N2O2. The molecule has 0 bridgehead atoms. The molecule has 1 aromatic rings. The van der Waals surface area contributed by atoms with Crippen molar-refractivity contribution in [1.82, 2.24) is 10.2 Å². The molecule has 1 aliphatic heterocycles. The molecule has 1 atom stereocenters. The van der Waals surface area contributed by atoms with Gasteiger partial charge in [-0.25, -0.2) is 4.79 Å². The third-order valence-corrected chi connectivity index (χ3v) is 3.62. The second-order valence-electron chi connectivity index (χ2n) is 5.41. The third-order valence-electron chi connectivity index (χ3n) is 3.62. The maximum atomic E-state index is 10.8. The van der Waals surface area contributed by atoms with Crippen LogP contribution < -0.4 is 5.32 Å². The minimum atomic E-state index is -0.867. The van der Waals surface area contributed by atoms with Crippen LogP contribution in [-0.2, 0) is 6.54 Å². The fraction of sp³-hybridized carbons (Fsp3) is 0.533. The zero-order valence-corrected chi connectivity index (χ0v) is 11.4. The van der Waals surface area contributed by atoms with Gasteiger partial charge in [-0.3, -0.25) is 0 Å². The molecule has 1 unspecified atom stereocenters. The fourth-order valence-corrected chi connectivity index (χ4v) is 2.65. The fourth-order valence-electron chi connectivity index (χ4n) is 2.65. The molecule has 1 saturated heterocycles. The molecule has 0 saturated carbocycles. The number of carboxylic acids is 1. The van der Waals surface area contributed by atoms with E-state index >= 15 is 0 Å². The Morgan fingerprint density at radius 3 is 2.74 bits per heavy atom. The summed E-state index contributed by atoms with van der Waals surface area (Å²) in [6.45, 7) is 4.23. The Morgan fingerprint density at radius 1 is 1.42 bits per heavy atom. The SMILES string of the molecule is CN(Cc1ccc(C(=O)O)cc1)CC1CCCNC1. The quantitative estimate of drug-likeness (QED) is 0.850. The minimum Gasteiger partial charge on any atom is -0.478 e. The Morgan fingerprint density at radius 2 is 2.16 bits per heavy atom. The number of hydrogen-bond donors (Lipinski definition) is 2. The summed E-state index contributed by atoms with van der Waals surface area (Å²) in [5, 5.41) is 12.3. The van der Waals surface area contributed by atoms with Gasteiger partial charge in [-0.15, -0.1) is 0 Å². The largest absolute Gasteiger partial charge is 0.478 e. The topological polar surface area (TPSA) is 52.6 Å². The Labute approximate surface area is 114 Å². The van der Waals surface area contributed by atoms with Gasteiger partial charge in [-0.05, 0) is 56.6 Å². The first kappa shape index (κ1) is 14.0. The van der Waals surface area contributed by atoms with Crippen molar-refractivity contribution in [3.8, 4) is 0 Å². The van der Waals surface area contributed by atoms with Crippen LogP contribution in [0.15, 0.2) is 24.3 Å². The van der Waals surface area contributed by atoms with Gasteiger partial charge in [0.15, 0.2) is 0 Å². The van der Waals surface area contributed by atoms with Crippen molar-refractivity contribution in [3.63, 3.8) is 0 Å². The van der Waals surface area contributed by atoms with Crippen molar-refractivity contribution in [2.75, 3.05) is 26.7 Å². The van der Waals surface area contributed by atoms with Gasteiger partial charge < -0.3 is 15.3 Å². The molecule has 1 fully saturated rings. The van der Waals surface area contributed by atoms with Crippen molar-refractivity contribution in [2.45, 2.75) is 19.4 Å². The zero-order chi connectivity index (χ0) is 13.7. The number of aromatic carboxylic acids is 1. The molecule has 0 radical (unpaired) electrons. The van der Waals surface area contributed by atoms with Crippen LogP contribution in [0, 0.1) is 5.92 Å². The van der Waals surface area contributed by atoms with E-state index in [1.165, 1.54) is 12.8 Å². The van der Waals surface area contributed by atoms with Crippen LogP contribution in [0.5, 0.6) is 0 Å². The molecule has 0 amide bonds. The Kier molecular flexibility index (Phi) is 4.93. The van der Waals surface area contributed by atoms with Gasteiger partial charge in [-0.1, -0.05) is 12.1 Å². The summed E-state index contributed by atoms with van der Waals surface area (Å²) < 4.78 is 0. The summed E-state index contributed by atoms with van der Waals surface area (Å²) in [5.41, 5.74) is 1.51. The molecule has 1 aliphatic rings. The van der Waals surface area contributed by atoms with E-state index in [9.17, 15) is 4.79 Å². The van der Waals surface area contributed by atoms with Gasteiger partial charge in [0, 0.05) is 13.1 Å². The number of piperidine rings is 1. The molecule has 1 heterocycles. The highest BCUT2D eigenvalue weighted by atomic mass is 16.4. The summed E-state index contributed by atoms with van der Waals surface area (Å²) in [4.78, 5) is 13.1. The lowest BCUT2D eigenvalue weighted by Crippen LogP contribution is -2.36. The average molecular weight is 262 g/mol. The highest BCUT2D eigenvalue weighted by Crippen LogP contribution is 2.13. The van der Waals surface area contributed by atoms with E-state index in [1.807, 2.05) is 12.1 Å².